The Kier molecular flexibility index (Phi) is 4.15. The zero-order valence-corrected chi connectivity index (χ0v) is 12.4. The summed E-state index contributed by atoms with van der Waals surface area (Å²) in [6.07, 6.45) is 7.40. The maximum atomic E-state index is 10.6. The Morgan fingerprint density at radius 2 is 2.24 bits per heavy atom. The number of benzene rings is 1. The minimum Gasteiger partial charge on any atom is -0.465 e. The summed E-state index contributed by atoms with van der Waals surface area (Å²) < 4.78 is 0. The van der Waals surface area contributed by atoms with Crippen LogP contribution >= 0.6 is 11.8 Å². The Hall–Kier alpha value is -1.95. The van der Waals surface area contributed by atoms with E-state index >= 15 is 0 Å². The van der Waals surface area contributed by atoms with Crippen molar-refractivity contribution in [2.24, 2.45) is 0 Å². The molecule has 3 rings (SSSR count). The Balaban J connectivity index is 1.79. The van der Waals surface area contributed by atoms with Crippen LogP contribution in [-0.2, 0) is 0 Å². The second kappa shape index (κ2) is 6.22. The molecule has 110 valence electrons. The van der Waals surface area contributed by atoms with Crippen molar-refractivity contribution in [2.45, 2.75) is 37.0 Å². The Bertz CT molecular complexity index is 693. The number of allylic oxidation sites excluding steroid dienone is 2. The van der Waals surface area contributed by atoms with Gasteiger partial charge in [0.25, 0.3) is 0 Å². The fourth-order valence-corrected chi connectivity index (χ4v) is 3.51. The van der Waals surface area contributed by atoms with Gasteiger partial charge in [-0.3, -0.25) is 5.32 Å². The van der Waals surface area contributed by atoms with Crippen LogP contribution in [0.1, 0.15) is 32.1 Å². The molecule has 0 saturated heterocycles. The molecule has 5 nitrogen and oxygen atoms in total. The minimum absolute atomic E-state index is 0.258. The number of carboxylic acid groups (broad SMARTS) is 1. The number of nitrogens with one attached hydrogen (secondary N) is 2. The molecule has 21 heavy (non-hydrogen) atoms. The van der Waals surface area contributed by atoms with E-state index in [0.29, 0.717) is 0 Å². The average molecular weight is 303 g/mol. The van der Waals surface area contributed by atoms with Gasteiger partial charge in [0.15, 0.2) is 0 Å². The number of anilines is 1. The monoisotopic (exact) mass is 303 g/mol. The number of aromatic amines is 1. The summed E-state index contributed by atoms with van der Waals surface area (Å²) >= 11 is 1.79. The zero-order valence-electron chi connectivity index (χ0n) is 11.6. The van der Waals surface area contributed by atoms with Crippen molar-refractivity contribution in [3.05, 3.63) is 29.2 Å². The van der Waals surface area contributed by atoms with Crippen LogP contribution in [-0.4, -0.2) is 21.2 Å². The minimum atomic E-state index is -1.12. The molecule has 1 amide bonds. The predicted octanol–water partition coefficient (Wildman–Crippen LogP) is 4.59. The van der Waals surface area contributed by atoms with Gasteiger partial charge in [-0.05, 0) is 48.8 Å². The normalized spacial score (nSPS) is 15.5. The van der Waals surface area contributed by atoms with Crippen LogP contribution in [0, 0.1) is 0 Å². The molecule has 0 atom stereocenters. The number of fused-ring (bicyclic) bond motifs is 1. The quantitative estimate of drug-likeness (QED) is 0.774. The molecule has 1 aliphatic rings. The van der Waals surface area contributed by atoms with Crippen molar-refractivity contribution < 1.29 is 9.90 Å². The highest BCUT2D eigenvalue weighted by atomic mass is 32.2. The maximum absolute atomic E-state index is 10.6. The summed E-state index contributed by atoms with van der Waals surface area (Å²) in [5.41, 5.74) is 1.61. The fourth-order valence-electron chi connectivity index (χ4n) is 2.44. The number of hydrogen-bond donors (Lipinski definition) is 3. The van der Waals surface area contributed by atoms with Crippen molar-refractivity contribution >= 4 is 34.8 Å². The van der Waals surface area contributed by atoms with Gasteiger partial charge in [-0.15, -0.1) is 0 Å². The number of rotatable bonds is 3. The van der Waals surface area contributed by atoms with Gasteiger partial charge in [0.05, 0.1) is 11.0 Å². The largest absolute Gasteiger partial charge is 0.465 e. The van der Waals surface area contributed by atoms with Crippen molar-refractivity contribution in [1.29, 1.82) is 0 Å². The molecule has 0 bridgehead atoms. The third-order valence-corrected chi connectivity index (χ3v) is 4.55. The lowest BCUT2D eigenvalue weighted by atomic mass is 10.2. The molecule has 0 aliphatic heterocycles. The van der Waals surface area contributed by atoms with Crippen LogP contribution in [0.25, 0.3) is 11.0 Å². The number of hydrogen-bond acceptors (Lipinski definition) is 3. The standard InChI is InChI=1S/C15H17N3O2S/c19-15(20)18-14-16-12-8-7-11(9-13(12)17-14)21-10-5-3-1-2-4-6-10/h5,7-9H,1-4,6H2,(H,19,20)(H2,16,17,18). The molecule has 6 heteroatoms. The molecule has 3 N–H and O–H groups in total. The van der Waals surface area contributed by atoms with E-state index in [4.69, 9.17) is 5.11 Å². The first kappa shape index (κ1) is 14.0. The van der Waals surface area contributed by atoms with E-state index in [2.05, 4.69) is 21.4 Å². The van der Waals surface area contributed by atoms with Gasteiger partial charge in [-0.1, -0.05) is 24.3 Å². The first-order chi connectivity index (χ1) is 10.2. The van der Waals surface area contributed by atoms with Crippen molar-refractivity contribution in [2.75, 3.05) is 5.32 Å². The summed E-state index contributed by atoms with van der Waals surface area (Å²) in [6, 6.07) is 5.97. The molecule has 0 unspecified atom stereocenters. The van der Waals surface area contributed by atoms with E-state index in [1.165, 1.54) is 30.6 Å². The number of nitrogens with zero attached hydrogens (tertiary/aromatic N) is 1. The van der Waals surface area contributed by atoms with Gasteiger partial charge in [-0.25, -0.2) is 9.78 Å². The average Bonchev–Trinajstić information content (AvgIpc) is 2.65. The first-order valence-corrected chi connectivity index (χ1v) is 7.89. The molecule has 1 aliphatic carbocycles. The Labute approximate surface area is 126 Å². The predicted molar refractivity (Wildman–Crippen MR) is 84.8 cm³/mol. The van der Waals surface area contributed by atoms with E-state index in [1.807, 2.05) is 18.2 Å². The summed E-state index contributed by atoms with van der Waals surface area (Å²) in [5, 5.41) is 10.9. The Morgan fingerprint density at radius 1 is 1.33 bits per heavy atom. The number of aromatic nitrogens is 2. The van der Waals surface area contributed by atoms with Gasteiger partial charge in [0.2, 0.25) is 5.95 Å². The summed E-state index contributed by atoms with van der Waals surface area (Å²) in [6.45, 7) is 0. The van der Waals surface area contributed by atoms with Gasteiger partial charge < -0.3 is 10.1 Å². The third kappa shape index (κ3) is 3.58. The summed E-state index contributed by atoms with van der Waals surface area (Å²) in [4.78, 5) is 20.4. The second-order valence-electron chi connectivity index (χ2n) is 5.07. The number of carbonyl (C=O) groups is 1. The van der Waals surface area contributed by atoms with Crippen molar-refractivity contribution in [3.8, 4) is 0 Å². The molecular weight excluding hydrogens is 286 g/mol. The van der Waals surface area contributed by atoms with Crippen LogP contribution in [0.3, 0.4) is 0 Å². The maximum Gasteiger partial charge on any atom is 0.411 e. The van der Waals surface area contributed by atoms with Crippen molar-refractivity contribution in [3.63, 3.8) is 0 Å². The summed E-state index contributed by atoms with van der Waals surface area (Å²) in [7, 11) is 0. The Morgan fingerprint density at radius 3 is 3.10 bits per heavy atom. The van der Waals surface area contributed by atoms with Crippen LogP contribution in [0.5, 0.6) is 0 Å². The first-order valence-electron chi connectivity index (χ1n) is 7.07. The van der Waals surface area contributed by atoms with Gasteiger partial charge in [0, 0.05) is 4.90 Å². The van der Waals surface area contributed by atoms with Crippen LogP contribution < -0.4 is 5.32 Å². The lowest BCUT2D eigenvalue weighted by molar-refractivity contribution is 0.209. The second-order valence-corrected chi connectivity index (χ2v) is 6.27. The van der Waals surface area contributed by atoms with E-state index in [9.17, 15) is 4.79 Å². The topological polar surface area (TPSA) is 78.0 Å². The highest BCUT2D eigenvalue weighted by Crippen LogP contribution is 2.34. The van der Waals surface area contributed by atoms with Gasteiger partial charge >= 0.3 is 6.09 Å². The number of thioether (sulfide) groups is 1. The molecule has 0 spiro atoms. The van der Waals surface area contributed by atoms with E-state index in [0.717, 1.165) is 22.3 Å². The smallest absolute Gasteiger partial charge is 0.411 e. The van der Waals surface area contributed by atoms with E-state index in [1.54, 1.807) is 11.8 Å². The van der Waals surface area contributed by atoms with Crippen LogP contribution in [0.2, 0.25) is 0 Å². The lowest BCUT2D eigenvalue weighted by Crippen LogP contribution is -2.08. The third-order valence-electron chi connectivity index (χ3n) is 3.43. The molecule has 0 fully saturated rings. The van der Waals surface area contributed by atoms with Gasteiger partial charge in [0.1, 0.15) is 0 Å². The van der Waals surface area contributed by atoms with Crippen LogP contribution in [0.15, 0.2) is 34.1 Å². The molecule has 0 saturated carbocycles. The number of imidazole rings is 1. The van der Waals surface area contributed by atoms with Gasteiger partial charge in [-0.2, -0.15) is 0 Å². The zero-order chi connectivity index (χ0) is 14.7. The van der Waals surface area contributed by atoms with Crippen LogP contribution in [0.4, 0.5) is 10.7 Å². The number of amides is 1. The summed E-state index contributed by atoms with van der Waals surface area (Å²) in [5.74, 6) is 0.258. The van der Waals surface area contributed by atoms with E-state index < -0.39 is 6.09 Å². The van der Waals surface area contributed by atoms with Crippen molar-refractivity contribution in [1.82, 2.24) is 9.97 Å². The number of H-pyrrole nitrogens is 1. The fraction of sp³-hybridized carbons (Fsp3) is 0.333. The molecule has 0 radical (unpaired) electrons. The highest BCUT2D eigenvalue weighted by molar-refractivity contribution is 8.03. The highest BCUT2D eigenvalue weighted by Gasteiger charge is 2.08. The van der Waals surface area contributed by atoms with E-state index in [-0.39, 0.29) is 5.95 Å². The molecule has 1 heterocycles. The lowest BCUT2D eigenvalue weighted by Gasteiger charge is -2.04. The molecular formula is C15H17N3O2S. The molecule has 1 aromatic heterocycles. The SMILES string of the molecule is O=C(O)Nc1nc2ccc(SC3=CCCCCC3)cc2[nH]1. The molecule has 1 aromatic carbocycles. The molecule has 2 aromatic rings.